The Morgan fingerprint density at radius 2 is 1.10 bits per heavy atom. The van der Waals surface area contributed by atoms with E-state index < -0.39 is 0 Å². The summed E-state index contributed by atoms with van der Waals surface area (Å²) in [6.07, 6.45) is 0.0984. The summed E-state index contributed by atoms with van der Waals surface area (Å²) in [5.41, 5.74) is 2.37. The van der Waals surface area contributed by atoms with Crippen LogP contribution in [0.2, 0.25) is 0 Å². The third kappa shape index (κ3) is 3.58. The average Bonchev–Trinajstić information content (AvgIpc) is 2.67. The van der Waals surface area contributed by atoms with Crippen molar-refractivity contribution >= 4 is 0 Å². The highest BCUT2D eigenvalue weighted by molar-refractivity contribution is 5.51. The molecule has 0 N–H and O–H groups in total. The summed E-state index contributed by atoms with van der Waals surface area (Å²) in [4.78, 5) is 0. The van der Waals surface area contributed by atoms with Gasteiger partial charge in [0, 0.05) is 10.8 Å². The SMILES string of the molecule is COc1ccc(C2OCC2(C)C)cc1Oc1cc(C2OCC2(C)C)ccc1OC. The second-order valence-electron chi connectivity index (χ2n) is 9.28. The smallest absolute Gasteiger partial charge is 0.169 e. The molecule has 2 saturated heterocycles. The Morgan fingerprint density at radius 3 is 1.38 bits per heavy atom. The highest BCUT2D eigenvalue weighted by Gasteiger charge is 2.42. The van der Waals surface area contributed by atoms with Gasteiger partial charge < -0.3 is 23.7 Å². The number of ether oxygens (including phenoxy) is 5. The van der Waals surface area contributed by atoms with Crippen molar-refractivity contribution in [1.29, 1.82) is 0 Å². The molecule has 2 aliphatic heterocycles. The van der Waals surface area contributed by atoms with Gasteiger partial charge in [-0.15, -0.1) is 0 Å². The topological polar surface area (TPSA) is 46.2 Å². The maximum atomic E-state index is 6.32. The monoisotopic (exact) mass is 398 g/mol. The van der Waals surface area contributed by atoms with Crippen LogP contribution >= 0.6 is 0 Å². The minimum atomic E-state index is 0.0492. The van der Waals surface area contributed by atoms with Crippen LogP contribution in [0, 0.1) is 10.8 Å². The number of methoxy groups -OCH3 is 2. The molecule has 5 heteroatoms. The van der Waals surface area contributed by atoms with Gasteiger partial charge in [-0.3, -0.25) is 0 Å². The van der Waals surface area contributed by atoms with E-state index in [2.05, 4.69) is 27.7 Å². The molecule has 2 atom stereocenters. The molecule has 156 valence electrons. The molecule has 2 aliphatic rings. The molecule has 2 aromatic carbocycles. The van der Waals surface area contributed by atoms with E-state index in [0.29, 0.717) is 23.0 Å². The Kier molecular flexibility index (Phi) is 4.99. The van der Waals surface area contributed by atoms with Crippen LogP contribution in [0.4, 0.5) is 0 Å². The van der Waals surface area contributed by atoms with E-state index >= 15 is 0 Å². The van der Waals surface area contributed by atoms with Gasteiger partial charge in [-0.25, -0.2) is 0 Å². The van der Waals surface area contributed by atoms with Crippen LogP contribution in [0.25, 0.3) is 0 Å². The first-order valence-corrected chi connectivity index (χ1v) is 10.0. The average molecular weight is 398 g/mol. The first-order valence-electron chi connectivity index (χ1n) is 10.0. The fourth-order valence-corrected chi connectivity index (χ4v) is 4.09. The molecule has 0 radical (unpaired) electrons. The lowest BCUT2D eigenvalue weighted by Crippen LogP contribution is -2.40. The van der Waals surface area contributed by atoms with Crippen molar-refractivity contribution in [2.75, 3.05) is 27.4 Å². The molecule has 0 spiro atoms. The van der Waals surface area contributed by atoms with Gasteiger partial charge in [0.05, 0.1) is 39.6 Å². The Morgan fingerprint density at radius 1 is 0.690 bits per heavy atom. The molecule has 2 fully saturated rings. The minimum Gasteiger partial charge on any atom is -0.493 e. The van der Waals surface area contributed by atoms with E-state index in [1.54, 1.807) is 14.2 Å². The Bertz CT molecular complexity index is 829. The van der Waals surface area contributed by atoms with E-state index in [-0.39, 0.29) is 23.0 Å². The zero-order chi connectivity index (χ0) is 20.8. The molecular formula is C24H30O5. The van der Waals surface area contributed by atoms with Crippen LogP contribution in [-0.4, -0.2) is 27.4 Å². The van der Waals surface area contributed by atoms with Crippen molar-refractivity contribution in [2.45, 2.75) is 39.9 Å². The number of hydrogen-bond donors (Lipinski definition) is 0. The highest BCUT2D eigenvalue weighted by Crippen LogP contribution is 2.49. The summed E-state index contributed by atoms with van der Waals surface area (Å²) in [7, 11) is 3.29. The molecule has 2 heterocycles. The largest absolute Gasteiger partial charge is 0.493 e. The van der Waals surface area contributed by atoms with Gasteiger partial charge in [0.1, 0.15) is 0 Å². The van der Waals surface area contributed by atoms with Crippen molar-refractivity contribution in [3.8, 4) is 23.0 Å². The van der Waals surface area contributed by atoms with E-state index in [0.717, 1.165) is 24.3 Å². The Hall–Kier alpha value is -2.24. The van der Waals surface area contributed by atoms with Gasteiger partial charge >= 0.3 is 0 Å². The second-order valence-corrected chi connectivity index (χ2v) is 9.28. The summed E-state index contributed by atoms with van der Waals surface area (Å²) in [5, 5.41) is 0. The summed E-state index contributed by atoms with van der Waals surface area (Å²) >= 11 is 0. The van der Waals surface area contributed by atoms with Crippen LogP contribution in [0.1, 0.15) is 51.0 Å². The zero-order valence-corrected chi connectivity index (χ0v) is 18.1. The summed E-state index contributed by atoms with van der Waals surface area (Å²) in [6.45, 7) is 10.3. The van der Waals surface area contributed by atoms with Gasteiger partial charge in [0.25, 0.3) is 0 Å². The van der Waals surface area contributed by atoms with E-state index in [1.807, 2.05) is 36.4 Å². The molecule has 2 unspecified atom stereocenters. The molecule has 4 rings (SSSR count). The van der Waals surface area contributed by atoms with Crippen LogP contribution < -0.4 is 14.2 Å². The molecule has 29 heavy (non-hydrogen) atoms. The van der Waals surface area contributed by atoms with Gasteiger partial charge in [0.2, 0.25) is 0 Å². The van der Waals surface area contributed by atoms with Crippen molar-refractivity contribution < 1.29 is 23.7 Å². The van der Waals surface area contributed by atoms with E-state index in [9.17, 15) is 0 Å². The van der Waals surface area contributed by atoms with Gasteiger partial charge in [-0.1, -0.05) is 39.8 Å². The van der Waals surface area contributed by atoms with Gasteiger partial charge in [-0.05, 0) is 35.4 Å². The van der Waals surface area contributed by atoms with Crippen LogP contribution in [0.3, 0.4) is 0 Å². The van der Waals surface area contributed by atoms with Crippen molar-refractivity contribution in [2.24, 2.45) is 10.8 Å². The predicted octanol–water partition coefficient (Wildman–Crippen LogP) is 5.69. The van der Waals surface area contributed by atoms with Crippen LogP contribution in [0.5, 0.6) is 23.0 Å². The minimum absolute atomic E-state index is 0.0492. The van der Waals surface area contributed by atoms with Gasteiger partial charge in [-0.2, -0.15) is 0 Å². The van der Waals surface area contributed by atoms with Crippen LogP contribution in [0.15, 0.2) is 36.4 Å². The standard InChI is InChI=1S/C24H30O5/c1-23(2)13-27-21(23)15-7-9-17(25-5)19(11-15)29-20-12-16(8-10-18(20)26-6)22-24(3,4)14-28-22/h7-12,21-22H,13-14H2,1-6H3. The molecule has 0 saturated carbocycles. The Labute approximate surface area is 172 Å². The van der Waals surface area contributed by atoms with Crippen molar-refractivity contribution in [1.82, 2.24) is 0 Å². The normalized spacial score (nSPS) is 24.2. The lowest BCUT2D eigenvalue weighted by Gasteiger charge is -2.44. The fraction of sp³-hybridized carbons (Fsp3) is 0.500. The summed E-state index contributed by atoms with van der Waals surface area (Å²) in [5.74, 6) is 2.61. The maximum Gasteiger partial charge on any atom is 0.169 e. The third-order valence-corrected chi connectivity index (χ3v) is 5.86. The molecule has 0 amide bonds. The summed E-state index contributed by atoms with van der Waals surface area (Å²) in [6, 6.07) is 11.9. The first kappa shape index (κ1) is 20.0. The summed E-state index contributed by atoms with van der Waals surface area (Å²) < 4.78 is 29.0. The lowest BCUT2D eigenvalue weighted by molar-refractivity contribution is -0.172. The number of benzene rings is 2. The van der Waals surface area contributed by atoms with E-state index in [4.69, 9.17) is 23.7 Å². The molecular weight excluding hydrogens is 368 g/mol. The molecule has 0 aliphatic carbocycles. The van der Waals surface area contributed by atoms with E-state index in [1.165, 1.54) is 0 Å². The molecule has 0 bridgehead atoms. The maximum absolute atomic E-state index is 6.32. The van der Waals surface area contributed by atoms with Crippen molar-refractivity contribution in [3.05, 3.63) is 47.5 Å². The quantitative estimate of drug-likeness (QED) is 0.625. The first-order chi connectivity index (χ1) is 13.7. The predicted molar refractivity (Wildman–Crippen MR) is 111 cm³/mol. The van der Waals surface area contributed by atoms with Gasteiger partial charge in [0.15, 0.2) is 23.0 Å². The third-order valence-electron chi connectivity index (χ3n) is 5.86. The molecule has 2 aromatic rings. The molecule has 0 aromatic heterocycles. The lowest BCUT2D eigenvalue weighted by atomic mass is 9.79. The fourth-order valence-electron chi connectivity index (χ4n) is 4.09. The number of rotatable bonds is 6. The number of hydrogen-bond acceptors (Lipinski definition) is 5. The second kappa shape index (κ2) is 7.22. The highest BCUT2D eigenvalue weighted by atomic mass is 16.5. The Balaban J connectivity index is 1.67. The zero-order valence-electron chi connectivity index (χ0n) is 18.1. The van der Waals surface area contributed by atoms with Crippen LogP contribution in [-0.2, 0) is 9.47 Å². The molecule has 5 nitrogen and oxygen atoms in total. The van der Waals surface area contributed by atoms with Crippen molar-refractivity contribution in [3.63, 3.8) is 0 Å².